The SMILES string of the molecule is O=C1CC(C(=O)NC(CCc2ccccc2)C(=O)O)CN1. The van der Waals surface area contributed by atoms with E-state index in [0.29, 0.717) is 12.8 Å². The van der Waals surface area contributed by atoms with Gasteiger partial charge >= 0.3 is 5.97 Å². The molecule has 0 spiro atoms. The molecule has 1 heterocycles. The number of carboxylic acids is 1. The van der Waals surface area contributed by atoms with Gasteiger partial charge < -0.3 is 15.7 Å². The van der Waals surface area contributed by atoms with Gasteiger partial charge in [-0.15, -0.1) is 0 Å². The van der Waals surface area contributed by atoms with Crippen LogP contribution in [0.15, 0.2) is 30.3 Å². The van der Waals surface area contributed by atoms with E-state index in [1.165, 1.54) is 0 Å². The molecule has 0 aliphatic carbocycles. The molecule has 21 heavy (non-hydrogen) atoms. The summed E-state index contributed by atoms with van der Waals surface area (Å²) in [6.45, 7) is 0.274. The molecule has 6 heteroatoms. The van der Waals surface area contributed by atoms with E-state index in [9.17, 15) is 19.5 Å². The summed E-state index contributed by atoms with van der Waals surface area (Å²) < 4.78 is 0. The highest BCUT2D eigenvalue weighted by Gasteiger charge is 2.30. The molecule has 1 aromatic rings. The van der Waals surface area contributed by atoms with E-state index in [4.69, 9.17) is 0 Å². The van der Waals surface area contributed by atoms with Gasteiger partial charge in [-0.25, -0.2) is 4.79 Å². The lowest BCUT2D eigenvalue weighted by atomic mass is 10.0. The Balaban J connectivity index is 1.88. The molecule has 0 aromatic heterocycles. The minimum Gasteiger partial charge on any atom is -0.480 e. The minimum atomic E-state index is -1.06. The van der Waals surface area contributed by atoms with Crippen molar-refractivity contribution in [2.24, 2.45) is 5.92 Å². The van der Waals surface area contributed by atoms with Crippen LogP contribution in [0.3, 0.4) is 0 Å². The molecule has 1 fully saturated rings. The third-order valence-electron chi connectivity index (χ3n) is 3.53. The van der Waals surface area contributed by atoms with Crippen molar-refractivity contribution in [1.82, 2.24) is 10.6 Å². The number of amides is 2. The van der Waals surface area contributed by atoms with Gasteiger partial charge in [0.15, 0.2) is 0 Å². The van der Waals surface area contributed by atoms with Crippen molar-refractivity contribution in [2.75, 3.05) is 6.54 Å². The lowest BCUT2D eigenvalue weighted by Gasteiger charge is -2.16. The summed E-state index contributed by atoms with van der Waals surface area (Å²) in [6.07, 6.45) is 1.01. The summed E-state index contributed by atoms with van der Waals surface area (Å²) in [5.41, 5.74) is 1.02. The van der Waals surface area contributed by atoms with Crippen molar-refractivity contribution in [1.29, 1.82) is 0 Å². The number of carboxylic acid groups (broad SMARTS) is 1. The van der Waals surface area contributed by atoms with Crippen molar-refractivity contribution in [3.63, 3.8) is 0 Å². The van der Waals surface area contributed by atoms with Crippen LogP contribution in [0.5, 0.6) is 0 Å². The van der Waals surface area contributed by atoms with Crippen LogP contribution in [-0.4, -0.2) is 35.5 Å². The average Bonchev–Trinajstić information content (AvgIpc) is 2.90. The smallest absolute Gasteiger partial charge is 0.326 e. The second-order valence-electron chi connectivity index (χ2n) is 5.13. The summed E-state index contributed by atoms with van der Waals surface area (Å²) in [5, 5.41) is 14.3. The molecule has 1 aliphatic heterocycles. The highest BCUT2D eigenvalue weighted by atomic mass is 16.4. The number of rotatable bonds is 6. The lowest BCUT2D eigenvalue weighted by molar-refractivity contribution is -0.142. The Labute approximate surface area is 122 Å². The number of carbonyl (C=O) groups excluding carboxylic acids is 2. The minimum absolute atomic E-state index is 0.122. The Morgan fingerprint density at radius 1 is 1.33 bits per heavy atom. The fourth-order valence-electron chi connectivity index (χ4n) is 2.29. The van der Waals surface area contributed by atoms with Crippen molar-refractivity contribution < 1.29 is 19.5 Å². The summed E-state index contributed by atoms with van der Waals surface area (Å²) in [4.78, 5) is 34.3. The standard InChI is InChI=1S/C15H18N2O4/c18-13-8-11(9-16-13)14(19)17-12(15(20)21)7-6-10-4-2-1-3-5-10/h1-5,11-12H,6-9H2,(H,16,18)(H,17,19)(H,20,21). The van der Waals surface area contributed by atoms with Gasteiger partial charge in [0, 0.05) is 13.0 Å². The first-order chi connectivity index (χ1) is 10.1. The summed E-state index contributed by atoms with van der Waals surface area (Å²) in [5.74, 6) is -2.09. The molecule has 0 saturated carbocycles. The average molecular weight is 290 g/mol. The predicted molar refractivity (Wildman–Crippen MR) is 75.4 cm³/mol. The zero-order valence-electron chi connectivity index (χ0n) is 11.5. The van der Waals surface area contributed by atoms with E-state index in [2.05, 4.69) is 10.6 Å². The van der Waals surface area contributed by atoms with Gasteiger partial charge in [-0.2, -0.15) is 0 Å². The van der Waals surface area contributed by atoms with Gasteiger partial charge in [0.1, 0.15) is 6.04 Å². The summed E-state index contributed by atoms with van der Waals surface area (Å²) >= 11 is 0. The van der Waals surface area contributed by atoms with E-state index >= 15 is 0 Å². The first-order valence-corrected chi connectivity index (χ1v) is 6.90. The van der Waals surface area contributed by atoms with Gasteiger partial charge in [0.2, 0.25) is 11.8 Å². The molecule has 1 saturated heterocycles. The fourth-order valence-corrected chi connectivity index (χ4v) is 2.29. The third kappa shape index (κ3) is 4.30. The molecule has 1 aromatic carbocycles. The Hall–Kier alpha value is -2.37. The Kier molecular flexibility index (Phi) is 4.92. The molecule has 0 radical (unpaired) electrons. The van der Waals surface area contributed by atoms with Crippen molar-refractivity contribution in [3.8, 4) is 0 Å². The maximum Gasteiger partial charge on any atom is 0.326 e. The monoisotopic (exact) mass is 290 g/mol. The first kappa shape index (κ1) is 15.0. The zero-order chi connectivity index (χ0) is 15.2. The van der Waals surface area contributed by atoms with Gasteiger partial charge in [-0.05, 0) is 18.4 Å². The highest BCUT2D eigenvalue weighted by Crippen LogP contribution is 2.11. The molecule has 3 N–H and O–H groups in total. The second kappa shape index (κ2) is 6.88. The number of carbonyl (C=O) groups is 3. The largest absolute Gasteiger partial charge is 0.480 e. The van der Waals surface area contributed by atoms with Crippen LogP contribution < -0.4 is 10.6 Å². The van der Waals surface area contributed by atoms with Crippen LogP contribution in [0.25, 0.3) is 0 Å². The summed E-state index contributed by atoms with van der Waals surface area (Å²) in [7, 11) is 0. The van der Waals surface area contributed by atoms with E-state index < -0.39 is 17.9 Å². The molecule has 2 atom stereocenters. The maximum atomic E-state index is 12.0. The van der Waals surface area contributed by atoms with Crippen molar-refractivity contribution >= 4 is 17.8 Å². The van der Waals surface area contributed by atoms with E-state index in [1.807, 2.05) is 30.3 Å². The van der Waals surface area contributed by atoms with Crippen molar-refractivity contribution in [2.45, 2.75) is 25.3 Å². The Bertz CT molecular complexity index is 530. The molecule has 2 unspecified atom stereocenters. The van der Waals surface area contributed by atoms with E-state index in [0.717, 1.165) is 5.56 Å². The highest BCUT2D eigenvalue weighted by molar-refractivity contribution is 5.91. The van der Waals surface area contributed by atoms with Crippen LogP contribution in [-0.2, 0) is 20.8 Å². The van der Waals surface area contributed by atoms with Crippen molar-refractivity contribution in [3.05, 3.63) is 35.9 Å². The number of aliphatic carboxylic acids is 1. The lowest BCUT2D eigenvalue weighted by Crippen LogP contribution is -2.44. The maximum absolute atomic E-state index is 12.0. The van der Waals surface area contributed by atoms with Crippen LogP contribution in [0.1, 0.15) is 18.4 Å². The molecule has 1 aliphatic rings. The molecule has 6 nitrogen and oxygen atoms in total. The van der Waals surface area contributed by atoms with Gasteiger partial charge in [-0.1, -0.05) is 30.3 Å². The number of nitrogens with one attached hydrogen (secondary N) is 2. The number of hydrogen-bond donors (Lipinski definition) is 3. The number of aryl methyl sites for hydroxylation is 1. The number of benzene rings is 1. The topological polar surface area (TPSA) is 95.5 Å². The molecule has 2 rings (SSSR count). The van der Waals surface area contributed by atoms with Gasteiger partial charge in [0.25, 0.3) is 0 Å². The van der Waals surface area contributed by atoms with Gasteiger partial charge in [-0.3, -0.25) is 9.59 Å². The van der Waals surface area contributed by atoms with Crippen LogP contribution in [0, 0.1) is 5.92 Å². The first-order valence-electron chi connectivity index (χ1n) is 6.90. The van der Waals surface area contributed by atoms with Crippen LogP contribution >= 0.6 is 0 Å². The van der Waals surface area contributed by atoms with E-state index in [-0.39, 0.29) is 24.8 Å². The van der Waals surface area contributed by atoms with Crippen LogP contribution in [0.2, 0.25) is 0 Å². The summed E-state index contributed by atoms with van der Waals surface area (Å²) in [6, 6.07) is 8.57. The Morgan fingerprint density at radius 3 is 2.62 bits per heavy atom. The third-order valence-corrected chi connectivity index (χ3v) is 3.53. The molecular formula is C15H18N2O4. The molecule has 0 bridgehead atoms. The second-order valence-corrected chi connectivity index (χ2v) is 5.13. The normalized spacial score (nSPS) is 18.9. The zero-order valence-corrected chi connectivity index (χ0v) is 11.5. The number of hydrogen-bond acceptors (Lipinski definition) is 3. The van der Waals surface area contributed by atoms with E-state index in [1.54, 1.807) is 0 Å². The van der Waals surface area contributed by atoms with Gasteiger partial charge in [0.05, 0.1) is 5.92 Å². The Morgan fingerprint density at radius 2 is 2.05 bits per heavy atom. The molecule has 112 valence electrons. The molecule has 2 amide bonds. The van der Waals surface area contributed by atoms with Crippen LogP contribution in [0.4, 0.5) is 0 Å². The quantitative estimate of drug-likeness (QED) is 0.703. The fraction of sp³-hybridized carbons (Fsp3) is 0.400. The predicted octanol–water partition coefficient (Wildman–Crippen LogP) is 0.325. The molecular weight excluding hydrogens is 272 g/mol.